The van der Waals surface area contributed by atoms with Crippen LogP contribution in [-0.2, 0) is 17.8 Å². The summed E-state index contributed by atoms with van der Waals surface area (Å²) in [5.41, 5.74) is 5.76. The largest absolute Gasteiger partial charge is 0.342 e. The molecule has 0 N–H and O–H groups in total. The molecule has 0 atom stereocenters. The van der Waals surface area contributed by atoms with Crippen molar-refractivity contribution in [3.63, 3.8) is 0 Å². The lowest BCUT2D eigenvalue weighted by molar-refractivity contribution is -0.114. The van der Waals surface area contributed by atoms with Gasteiger partial charge in [0, 0.05) is 35.8 Å². The zero-order valence-corrected chi connectivity index (χ0v) is 20.6. The molecule has 1 aliphatic heterocycles. The highest BCUT2D eigenvalue weighted by Gasteiger charge is 2.36. The van der Waals surface area contributed by atoms with Gasteiger partial charge in [0.15, 0.2) is 5.11 Å². The van der Waals surface area contributed by atoms with Gasteiger partial charge in [0.1, 0.15) is 5.70 Å². The van der Waals surface area contributed by atoms with E-state index in [1.165, 1.54) is 5.56 Å². The molecule has 0 unspecified atom stereocenters. The quantitative estimate of drug-likeness (QED) is 0.238. The van der Waals surface area contributed by atoms with Crippen molar-refractivity contribution in [2.24, 2.45) is 0 Å². The predicted octanol–water partition coefficient (Wildman–Crippen LogP) is 6.51. The van der Waals surface area contributed by atoms with Crippen LogP contribution in [0, 0.1) is 0 Å². The third-order valence-corrected chi connectivity index (χ3v) is 7.09. The van der Waals surface area contributed by atoms with E-state index in [4.69, 9.17) is 23.8 Å². The van der Waals surface area contributed by atoms with E-state index in [0.717, 1.165) is 39.2 Å². The van der Waals surface area contributed by atoms with Crippen LogP contribution in [0.15, 0.2) is 84.7 Å². The maximum absolute atomic E-state index is 13.4. The van der Waals surface area contributed by atoms with Crippen LogP contribution < -0.4 is 4.90 Å². The predicted molar refractivity (Wildman–Crippen MR) is 144 cm³/mol. The van der Waals surface area contributed by atoms with Gasteiger partial charge in [-0.3, -0.25) is 9.69 Å². The van der Waals surface area contributed by atoms with Crippen LogP contribution in [0.25, 0.3) is 17.0 Å². The summed E-state index contributed by atoms with van der Waals surface area (Å²) in [5, 5.41) is 2.31. The van der Waals surface area contributed by atoms with Crippen LogP contribution in [0.5, 0.6) is 0 Å². The summed E-state index contributed by atoms with van der Waals surface area (Å²) in [7, 11) is 1.84. The van der Waals surface area contributed by atoms with Crippen LogP contribution in [0.1, 0.15) is 23.6 Å². The van der Waals surface area contributed by atoms with Crippen molar-refractivity contribution < 1.29 is 4.79 Å². The standard InChI is InChI=1S/C28H24ClN3OS/c1-3-19-11-9-14-23-21(18-31(26(19)23)17-20-10-7-8-15-24(20)29)16-25-27(33)32(28(34)30(25)2)22-12-5-4-6-13-22/h4-16,18H,3,17H2,1-2H3/b25-16-. The summed E-state index contributed by atoms with van der Waals surface area (Å²) < 4.78 is 2.23. The number of fused-ring (bicyclic) bond motifs is 1. The number of anilines is 1. The van der Waals surface area contributed by atoms with Gasteiger partial charge < -0.3 is 9.47 Å². The number of thiocarbonyl (C=S) groups is 1. The number of amides is 1. The van der Waals surface area contributed by atoms with Crippen LogP contribution >= 0.6 is 23.8 Å². The maximum atomic E-state index is 13.4. The lowest BCUT2D eigenvalue weighted by atomic mass is 10.1. The number of carbonyl (C=O) groups excluding carboxylic acids is 1. The summed E-state index contributed by atoms with van der Waals surface area (Å²) in [6, 6.07) is 23.8. The van der Waals surface area contributed by atoms with Gasteiger partial charge in [-0.1, -0.05) is 73.1 Å². The van der Waals surface area contributed by atoms with Crippen molar-refractivity contribution in [1.29, 1.82) is 0 Å². The van der Waals surface area contributed by atoms with Gasteiger partial charge in [-0.15, -0.1) is 0 Å². The Bertz CT molecular complexity index is 1440. The number of hydrogen-bond acceptors (Lipinski definition) is 2. The number of nitrogens with zero attached hydrogens (tertiary/aromatic N) is 3. The van der Waals surface area contributed by atoms with Crippen molar-refractivity contribution in [1.82, 2.24) is 9.47 Å². The highest BCUT2D eigenvalue weighted by Crippen LogP contribution is 2.32. The molecule has 0 saturated carbocycles. The Morgan fingerprint density at radius 3 is 2.38 bits per heavy atom. The molecule has 0 radical (unpaired) electrons. The van der Waals surface area contributed by atoms with E-state index < -0.39 is 0 Å². The van der Waals surface area contributed by atoms with Crippen LogP contribution in [0.4, 0.5) is 5.69 Å². The number of para-hydroxylation sites is 2. The van der Waals surface area contributed by atoms with E-state index in [-0.39, 0.29) is 5.91 Å². The number of likely N-dealkylation sites (N-methyl/N-ethyl adjacent to an activating group) is 1. The van der Waals surface area contributed by atoms with Gasteiger partial charge in [-0.2, -0.15) is 0 Å². The highest BCUT2D eigenvalue weighted by molar-refractivity contribution is 7.80. The zero-order chi connectivity index (χ0) is 23.8. The molecule has 2 heterocycles. The first-order valence-electron chi connectivity index (χ1n) is 11.2. The Labute approximate surface area is 209 Å². The molecule has 1 amide bonds. The van der Waals surface area contributed by atoms with Gasteiger partial charge in [-0.05, 0) is 54.0 Å². The monoisotopic (exact) mass is 485 g/mol. The van der Waals surface area contributed by atoms with E-state index >= 15 is 0 Å². The molecule has 3 aromatic carbocycles. The fourth-order valence-electron chi connectivity index (χ4n) is 4.51. The molecule has 4 aromatic rings. The summed E-state index contributed by atoms with van der Waals surface area (Å²) in [5.74, 6) is -0.127. The van der Waals surface area contributed by atoms with Gasteiger partial charge in [0.05, 0.1) is 11.2 Å². The molecule has 0 spiro atoms. The molecular weight excluding hydrogens is 462 g/mol. The van der Waals surface area contributed by atoms with Gasteiger partial charge in [-0.25, -0.2) is 0 Å². The van der Waals surface area contributed by atoms with E-state index in [1.807, 2.05) is 67.7 Å². The van der Waals surface area contributed by atoms with Crippen molar-refractivity contribution >= 4 is 57.5 Å². The molecule has 5 rings (SSSR count). The number of benzene rings is 3. The van der Waals surface area contributed by atoms with Crippen LogP contribution in [-0.4, -0.2) is 27.5 Å². The summed E-state index contributed by atoms with van der Waals surface area (Å²) >= 11 is 12.1. The van der Waals surface area contributed by atoms with Crippen molar-refractivity contribution in [2.45, 2.75) is 19.9 Å². The Hall–Kier alpha value is -3.41. The van der Waals surface area contributed by atoms with Gasteiger partial charge >= 0.3 is 0 Å². The Balaban J connectivity index is 1.62. The van der Waals surface area contributed by atoms with Crippen molar-refractivity contribution in [3.05, 3.63) is 106 Å². The lowest BCUT2D eigenvalue weighted by Crippen LogP contribution is -2.30. The first kappa shape index (κ1) is 22.4. The topological polar surface area (TPSA) is 28.5 Å². The maximum Gasteiger partial charge on any atom is 0.281 e. The zero-order valence-electron chi connectivity index (χ0n) is 19.0. The minimum atomic E-state index is -0.127. The first-order chi connectivity index (χ1) is 16.5. The molecule has 170 valence electrons. The van der Waals surface area contributed by atoms with E-state index in [1.54, 1.807) is 9.80 Å². The van der Waals surface area contributed by atoms with Crippen LogP contribution in [0.3, 0.4) is 0 Å². The molecule has 1 aromatic heterocycles. The summed E-state index contributed by atoms with van der Waals surface area (Å²) in [4.78, 5) is 16.8. The van der Waals surface area contributed by atoms with Crippen molar-refractivity contribution in [3.8, 4) is 0 Å². The number of halogens is 1. The molecule has 0 aliphatic carbocycles. The summed E-state index contributed by atoms with van der Waals surface area (Å²) in [6.07, 6.45) is 4.96. The molecule has 1 fully saturated rings. The Morgan fingerprint density at radius 1 is 0.941 bits per heavy atom. The first-order valence-corrected chi connectivity index (χ1v) is 12.0. The number of aromatic nitrogens is 1. The molecule has 34 heavy (non-hydrogen) atoms. The minimum Gasteiger partial charge on any atom is -0.342 e. The van der Waals surface area contributed by atoms with Gasteiger partial charge in [0.25, 0.3) is 5.91 Å². The molecule has 4 nitrogen and oxygen atoms in total. The van der Waals surface area contributed by atoms with Crippen LogP contribution in [0.2, 0.25) is 5.02 Å². The third-order valence-electron chi connectivity index (χ3n) is 6.26. The Kier molecular flexibility index (Phi) is 5.98. The average molecular weight is 486 g/mol. The summed E-state index contributed by atoms with van der Waals surface area (Å²) in [6.45, 7) is 2.80. The number of rotatable bonds is 5. The van der Waals surface area contributed by atoms with Crippen molar-refractivity contribution in [2.75, 3.05) is 11.9 Å². The smallest absolute Gasteiger partial charge is 0.281 e. The second-order valence-corrected chi connectivity index (χ2v) is 9.09. The number of aryl methyl sites for hydroxylation is 1. The number of carbonyl (C=O) groups is 1. The second kappa shape index (κ2) is 9.09. The fraction of sp³-hybridized carbons (Fsp3) is 0.143. The van der Waals surface area contributed by atoms with E-state index in [9.17, 15) is 4.79 Å². The lowest BCUT2D eigenvalue weighted by Gasteiger charge is -2.16. The fourth-order valence-corrected chi connectivity index (χ4v) is 4.99. The second-order valence-electron chi connectivity index (χ2n) is 8.32. The van der Waals surface area contributed by atoms with Gasteiger partial charge in [0.2, 0.25) is 0 Å². The molecule has 0 bridgehead atoms. The average Bonchev–Trinajstić information content (AvgIpc) is 3.31. The highest BCUT2D eigenvalue weighted by atomic mass is 35.5. The number of hydrogen-bond donors (Lipinski definition) is 0. The van der Waals surface area contributed by atoms with E-state index in [2.05, 4.69) is 35.9 Å². The molecule has 6 heteroatoms. The minimum absolute atomic E-state index is 0.127. The normalized spacial score (nSPS) is 15.2. The molecule has 1 aliphatic rings. The Morgan fingerprint density at radius 2 is 1.65 bits per heavy atom. The van der Waals surface area contributed by atoms with E-state index in [0.29, 0.717) is 17.4 Å². The molecular formula is C28H24ClN3OS. The SMILES string of the molecule is CCc1cccc2c(/C=C3/C(=O)N(c4ccccc4)C(=S)N3C)cn(Cc3ccccc3Cl)c12. The third kappa shape index (κ3) is 3.81. The molecule has 1 saturated heterocycles.